The number of carbonyl (C=O) groups is 2. The Morgan fingerprint density at radius 2 is 2.00 bits per heavy atom. The van der Waals surface area contributed by atoms with Crippen molar-refractivity contribution >= 4 is 11.8 Å². The molecule has 1 atom stereocenters. The molecular weight excluding hydrogens is 244 g/mol. The molecular formula is C14H18N2O3. The minimum Gasteiger partial charge on any atom is -0.387 e. The molecule has 0 aliphatic carbocycles. The van der Waals surface area contributed by atoms with E-state index in [0.29, 0.717) is 0 Å². The lowest BCUT2D eigenvalue weighted by Crippen LogP contribution is -2.53. The average Bonchev–Trinajstić information content (AvgIpc) is 2.36. The van der Waals surface area contributed by atoms with Gasteiger partial charge in [0.05, 0.1) is 25.7 Å². The lowest BCUT2D eigenvalue weighted by molar-refractivity contribution is -0.150. The van der Waals surface area contributed by atoms with E-state index in [2.05, 4.69) is 0 Å². The number of aliphatic hydroxyl groups is 1. The second-order valence-electron chi connectivity index (χ2n) is 4.95. The highest BCUT2D eigenvalue weighted by molar-refractivity contribution is 5.92. The average molecular weight is 262 g/mol. The van der Waals surface area contributed by atoms with Crippen LogP contribution in [-0.4, -0.2) is 53.4 Å². The Morgan fingerprint density at radius 1 is 1.26 bits per heavy atom. The number of aliphatic hydroxyl groups excluding tert-OH is 1. The van der Waals surface area contributed by atoms with Crippen molar-refractivity contribution in [1.82, 2.24) is 9.80 Å². The third kappa shape index (κ3) is 3.12. The van der Waals surface area contributed by atoms with Crippen molar-refractivity contribution < 1.29 is 14.7 Å². The summed E-state index contributed by atoms with van der Waals surface area (Å²) in [6, 6.07) is 7.51. The summed E-state index contributed by atoms with van der Waals surface area (Å²) in [4.78, 5) is 26.2. The summed E-state index contributed by atoms with van der Waals surface area (Å²) in [5.74, 6) is -0.232. The number of benzene rings is 1. The molecule has 0 spiro atoms. The van der Waals surface area contributed by atoms with Crippen molar-refractivity contribution in [2.45, 2.75) is 13.0 Å². The number of amides is 2. The maximum absolute atomic E-state index is 11.8. The molecule has 1 aliphatic heterocycles. The first-order chi connectivity index (χ1) is 8.97. The van der Waals surface area contributed by atoms with E-state index in [0.717, 1.165) is 11.1 Å². The van der Waals surface area contributed by atoms with Crippen LogP contribution in [0.1, 0.15) is 17.2 Å². The van der Waals surface area contributed by atoms with Crippen molar-refractivity contribution in [2.24, 2.45) is 0 Å². The molecule has 5 heteroatoms. The molecule has 5 nitrogen and oxygen atoms in total. The third-order valence-electron chi connectivity index (χ3n) is 3.30. The number of β-amino-alcohol motifs (C(OH)–C–C–N with tert-alkyl or cyclic N) is 1. The maximum Gasteiger partial charge on any atom is 0.242 e. The van der Waals surface area contributed by atoms with Gasteiger partial charge in [0, 0.05) is 7.05 Å². The van der Waals surface area contributed by atoms with Crippen LogP contribution < -0.4 is 0 Å². The van der Waals surface area contributed by atoms with Gasteiger partial charge in [0.25, 0.3) is 0 Å². The zero-order valence-corrected chi connectivity index (χ0v) is 11.2. The number of rotatable bonds is 3. The van der Waals surface area contributed by atoms with Crippen LogP contribution in [0.15, 0.2) is 24.3 Å². The number of piperazine rings is 1. The van der Waals surface area contributed by atoms with Gasteiger partial charge in [0.2, 0.25) is 11.8 Å². The predicted molar refractivity (Wildman–Crippen MR) is 70.4 cm³/mol. The first-order valence-corrected chi connectivity index (χ1v) is 6.23. The number of aryl methyl sites for hydroxylation is 1. The smallest absolute Gasteiger partial charge is 0.242 e. The minimum absolute atomic E-state index is 0.0399. The first-order valence-electron chi connectivity index (χ1n) is 6.23. The van der Waals surface area contributed by atoms with E-state index < -0.39 is 6.10 Å². The molecule has 1 aliphatic rings. The van der Waals surface area contributed by atoms with Crippen molar-refractivity contribution in [3.8, 4) is 0 Å². The lowest BCUT2D eigenvalue weighted by Gasteiger charge is -2.32. The van der Waals surface area contributed by atoms with Gasteiger partial charge in [0.1, 0.15) is 0 Å². The van der Waals surface area contributed by atoms with Crippen molar-refractivity contribution in [3.63, 3.8) is 0 Å². The minimum atomic E-state index is -0.764. The molecule has 1 N–H and O–H groups in total. The van der Waals surface area contributed by atoms with E-state index in [-0.39, 0.29) is 31.4 Å². The van der Waals surface area contributed by atoms with Crippen LogP contribution >= 0.6 is 0 Å². The molecule has 0 radical (unpaired) electrons. The first kappa shape index (κ1) is 13.5. The fourth-order valence-corrected chi connectivity index (χ4v) is 2.12. The molecule has 0 aromatic heterocycles. The number of nitrogens with zero attached hydrogens (tertiary/aromatic N) is 2. The van der Waals surface area contributed by atoms with Crippen molar-refractivity contribution in [1.29, 1.82) is 0 Å². The summed E-state index contributed by atoms with van der Waals surface area (Å²) in [5, 5.41) is 10.1. The van der Waals surface area contributed by atoms with E-state index in [4.69, 9.17) is 0 Å². The van der Waals surface area contributed by atoms with E-state index in [1.807, 2.05) is 31.2 Å². The topological polar surface area (TPSA) is 60.9 Å². The van der Waals surface area contributed by atoms with Crippen LogP contribution in [0.2, 0.25) is 0 Å². The zero-order valence-electron chi connectivity index (χ0n) is 11.2. The molecule has 0 saturated carbocycles. The van der Waals surface area contributed by atoms with E-state index >= 15 is 0 Å². The molecule has 102 valence electrons. The number of hydrogen-bond acceptors (Lipinski definition) is 3. The summed E-state index contributed by atoms with van der Waals surface area (Å²) in [6.07, 6.45) is -0.764. The predicted octanol–water partition coefficient (Wildman–Crippen LogP) is 0.329. The van der Waals surface area contributed by atoms with E-state index in [9.17, 15) is 14.7 Å². The van der Waals surface area contributed by atoms with Crippen LogP contribution in [0.3, 0.4) is 0 Å². The zero-order chi connectivity index (χ0) is 14.0. The summed E-state index contributed by atoms with van der Waals surface area (Å²) in [5.41, 5.74) is 1.82. The summed E-state index contributed by atoms with van der Waals surface area (Å²) >= 11 is 0. The Labute approximate surface area is 112 Å². The molecule has 1 heterocycles. The summed E-state index contributed by atoms with van der Waals surface area (Å²) in [6.45, 7) is 2.22. The van der Waals surface area contributed by atoms with Crippen LogP contribution in [-0.2, 0) is 9.59 Å². The highest BCUT2D eigenvalue weighted by atomic mass is 16.3. The normalized spacial score (nSPS) is 17.8. The molecule has 1 fully saturated rings. The third-order valence-corrected chi connectivity index (χ3v) is 3.30. The van der Waals surface area contributed by atoms with Crippen LogP contribution in [0.4, 0.5) is 0 Å². The second kappa shape index (κ2) is 5.40. The quantitative estimate of drug-likeness (QED) is 0.854. The Hall–Kier alpha value is -1.88. The van der Waals surface area contributed by atoms with Crippen molar-refractivity contribution in [3.05, 3.63) is 35.4 Å². The second-order valence-corrected chi connectivity index (χ2v) is 4.95. The summed E-state index contributed by atoms with van der Waals surface area (Å²) < 4.78 is 0. The number of carbonyl (C=O) groups excluding carboxylic acids is 2. The van der Waals surface area contributed by atoms with Gasteiger partial charge in [-0.25, -0.2) is 0 Å². The van der Waals surface area contributed by atoms with Gasteiger partial charge < -0.3 is 14.9 Å². The van der Waals surface area contributed by atoms with Crippen molar-refractivity contribution in [2.75, 3.05) is 26.7 Å². The highest BCUT2D eigenvalue weighted by Gasteiger charge is 2.28. The van der Waals surface area contributed by atoms with E-state index in [1.165, 1.54) is 9.80 Å². The SMILES string of the molecule is Cc1cccc(C(O)CN2CC(=O)N(C)CC2=O)c1. The Balaban J connectivity index is 2.04. The monoisotopic (exact) mass is 262 g/mol. The Kier molecular flexibility index (Phi) is 3.85. The maximum atomic E-state index is 11.8. The van der Waals surface area contributed by atoms with Gasteiger partial charge in [-0.3, -0.25) is 9.59 Å². The molecule has 1 saturated heterocycles. The van der Waals surface area contributed by atoms with Crippen LogP contribution in [0.5, 0.6) is 0 Å². The van der Waals surface area contributed by atoms with Gasteiger partial charge in [-0.1, -0.05) is 29.8 Å². The number of hydrogen-bond donors (Lipinski definition) is 1. The fraction of sp³-hybridized carbons (Fsp3) is 0.429. The van der Waals surface area contributed by atoms with Crippen LogP contribution in [0.25, 0.3) is 0 Å². The molecule has 19 heavy (non-hydrogen) atoms. The van der Waals surface area contributed by atoms with Gasteiger partial charge >= 0.3 is 0 Å². The molecule has 1 aromatic carbocycles. The molecule has 2 rings (SSSR count). The van der Waals surface area contributed by atoms with Gasteiger partial charge in [-0.15, -0.1) is 0 Å². The molecule has 0 bridgehead atoms. The summed E-state index contributed by atoms with van der Waals surface area (Å²) in [7, 11) is 1.61. The largest absolute Gasteiger partial charge is 0.387 e. The highest BCUT2D eigenvalue weighted by Crippen LogP contribution is 2.17. The van der Waals surface area contributed by atoms with Gasteiger partial charge in [-0.05, 0) is 12.5 Å². The van der Waals surface area contributed by atoms with Crippen LogP contribution in [0, 0.1) is 6.92 Å². The molecule has 1 aromatic rings. The Bertz CT molecular complexity index is 501. The molecule has 1 unspecified atom stereocenters. The van der Waals surface area contributed by atoms with Gasteiger partial charge in [-0.2, -0.15) is 0 Å². The number of likely N-dealkylation sites (N-methyl/N-ethyl adjacent to an activating group) is 1. The molecule has 2 amide bonds. The fourth-order valence-electron chi connectivity index (χ4n) is 2.12. The standard InChI is InChI=1S/C14H18N2O3/c1-10-4-3-5-11(6-10)12(17)7-16-9-13(18)15(2)8-14(16)19/h3-6,12,17H,7-9H2,1-2H3. The van der Waals surface area contributed by atoms with E-state index in [1.54, 1.807) is 7.05 Å². The Morgan fingerprint density at radius 3 is 2.68 bits per heavy atom. The lowest BCUT2D eigenvalue weighted by atomic mass is 10.1. The van der Waals surface area contributed by atoms with Gasteiger partial charge in [0.15, 0.2) is 0 Å².